The first-order valence-corrected chi connectivity index (χ1v) is 7.03. The molecule has 0 saturated carbocycles. The van der Waals surface area contributed by atoms with E-state index in [1.54, 1.807) is 26.8 Å². The van der Waals surface area contributed by atoms with Crippen molar-refractivity contribution in [2.75, 3.05) is 18.5 Å². The van der Waals surface area contributed by atoms with Gasteiger partial charge in [0, 0.05) is 18.7 Å². The van der Waals surface area contributed by atoms with Crippen molar-refractivity contribution in [1.82, 2.24) is 0 Å². The van der Waals surface area contributed by atoms with Gasteiger partial charge in [-0.25, -0.2) is 4.79 Å². The molecule has 0 heterocycles. The Morgan fingerprint density at radius 2 is 1.82 bits per heavy atom. The van der Waals surface area contributed by atoms with Crippen molar-refractivity contribution in [3.63, 3.8) is 0 Å². The van der Waals surface area contributed by atoms with Crippen LogP contribution >= 0.6 is 0 Å². The number of hydrogen-bond donors (Lipinski definition) is 1. The number of anilines is 1. The number of aryl methyl sites for hydroxylation is 1. The van der Waals surface area contributed by atoms with E-state index >= 15 is 0 Å². The second-order valence-electron chi connectivity index (χ2n) is 5.85. The number of nitrogens with one attached hydrogen (secondary N) is 1. The molecule has 1 aromatic carbocycles. The summed E-state index contributed by atoms with van der Waals surface area (Å²) in [5, 5.41) is 2.66. The quantitative estimate of drug-likeness (QED) is 0.667. The largest absolute Gasteiger partial charge is 0.490 e. The standard InChI is InChI=1S/C16H23NO5/c1-11-8-13(17-15(19)22-16(3,4)5)10-14(9-11)21-7-6-20-12(2)18/h8-10H,6-7H2,1-5H3,(H,17,19). The summed E-state index contributed by atoms with van der Waals surface area (Å²) in [4.78, 5) is 22.4. The summed E-state index contributed by atoms with van der Waals surface area (Å²) in [7, 11) is 0. The number of esters is 1. The van der Waals surface area contributed by atoms with E-state index < -0.39 is 11.7 Å². The lowest BCUT2D eigenvalue weighted by Crippen LogP contribution is -2.27. The van der Waals surface area contributed by atoms with E-state index in [1.165, 1.54) is 6.92 Å². The van der Waals surface area contributed by atoms with Gasteiger partial charge in [0.25, 0.3) is 0 Å². The zero-order chi connectivity index (χ0) is 16.8. The first kappa shape index (κ1) is 17.8. The molecule has 0 bridgehead atoms. The third-order valence-corrected chi connectivity index (χ3v) is 2.35. The molecule has 122 valence electrons. The molecule has 0 atom stereocenters. The van der Waals surface area contributed by atoms with Crippen molar-refractivity contribution in [3.05, 3.63) is 23.8 Å². The summed E-state index contributed by atoms with van der Waals surface area (Å²) in [6, 6.07) is 5.32. The van der Waals surface area contributed by atoms with E-state index in [0.717, 1.165) is 5.56 Å². The molecule has 1 N–H and O–H groups in total. The number of amides is 1. The second kappa shape index (κ2) is 7.68. The maximum atomic E-state index is 11.8. The molecule has 0 unspecified atom stereocenters. The fourth-order valence-corrected chi connectivity index (χ4v) is 1.67. The molecule has 0 aliphatic rings. The van der Waals surface area contributed by atoms with Crippen LogP contribution in [0.25, 0.3) is 0 Å². The van der Waals surface area contributed by atoms with E-state index in [2.05, 4.69) is 5.32 Å². The SMILES string of the molecule is CC(=O)OCCOc1cc(C)cc(NC(=O)OC(C)(C)C)c1. The fourth-order valence-electron chi connectivity index (χ4n) is 1.67. The molecular formula is C16H23NO5. The van der Waals surface area contributed by atoms with Gasteiger partial charge in [0.2, 0.25) is 0 Å². The highest BCUT2D eigenvalue weighted by Gasteiger charge is 2.16. The van der Waals surface area contributed by atoms with Gasteiger partial charge in [0.05, 0.1) is 0 Å². The van der Waals surface area contributed by atoms with E-state index in [0.29, 0.717) is 11.4 Å². The molecule has 6 nitrogen and oxygen atoms in total. The lowest BCUT2D eigenvalue weighted by molar-refractivity contribution is -0.141. The Morgan fingerprint density at radius 1 is 1.14 bits per heavy atom. The Labute approximate surface area is 130 Å². The number of hydrogen-bond acceptors (Lipinski definition) is 5. The van der Waals surface area contributed by atoms with Crippen LogP contribution in [0.4, 0.5) is 10.5 Å². The molecule has 0 saturated heterocycles. The summed E-state index contributed by atoms with van der Waals surface area (Å²) in [6.45, 7) is 9.05. The number of ether oxygens (including phenoxy) is 3. The van der Waals surface area contributed by atoms with E-state index in [4.69, 9.17) is 14.2 Å². The van der Waals surface area contributed by atoms with Crippen LogP contribution < -0.4 is 10.1 Å². The molecule has 22 heavy (non-hydrogen) atoms. The van der Waals surface area contributed by atoms with Crippen molar-refractivity contribution in [2.45, 2.75) is 40.2 Å². The van der Waals surface area contributed by atoms with Gasteiger partial charge in [-0.3, -0.25) is 10.1 Å². The van der Waals surface area contributed by atoms with Crippen molar-refractivity contribution in [1.29, 1.82) is 0 Å². The molecule has 6 heteroatoms. The Morgan fingerprint density at radius 3 is 2.41 bits per heavy atom. The molecular weight excluding hydrogens is 286 g/mol. The molecule has 0 aromatic heterocycles. The lowest BCUT2D eigenvalue weighted by Gasteiger charge is -2.20. The van der Waals surface area contributed by atoms with Crippen LogP contribution in [0.5, 0.6) is 5.75 Å². The first-order valence-electron chi connectivity index (χ1n) is 7.03. The van der Waals surface area contributed by atoms with E-state index in [1.807, 2.05) is 19.1 Å². The molecule has 0 radical (unpaired) electrons. The van der Waals surface area contributed by atoms with Crippen molar-refractivity contribution < 1.29 is 23.8 Å². The van der Waals surface area contributed by atoms with Crippen molar-refractivity contribution in [2.24, 2.45) is 0 Å². The van der Waals surface area contributed by atoms with Crippen molar-refractivity contribution >= 4 is 17.7 Å². The topological polar surface area (TPSA) is 73.9 Å². The van der Waals surface area contributed by atoms with Crippen LogP contribution in [-0.4, -0.2) is 30.9 Å². The molecule has 0 fully saturated rings. The van der Waals surface area contributed by atoms with Crippen LogP contribution in [0.2, 0.25) is 0 Å². The zero-order valence-corrected chi connectivity index (χ0v) is 13.7. The highest BCUT2D eigenvalue weighted by atomic mass is 16.6. The zero-order valence-electron chi connectivity index (χ0n) is 13.7. The molecule has 1 rings (SSSR count). The van der Waals surface area contributed by atoms with Gasteiger partial charge >= 0.3 is 12.1 Å². The maximum absolute atomic E-state index is 11.8. The fraction of sp³-hybridized carbons (Fsp3) is 0.500. The number of benzene rings is 1. The molecule has 0 spiro atoms. The van der Waals surface area contributed by atoms with Crippen LogP contribution in [0, 0.1) is 6.92 Å². The number of carbonyl (C=O) groups is 2. The van der Waals surface area contributed by atoms with Crippen LogP contribution in [-0.2, 0) is 14.3 Å². The molecule has 1 amide bonds. The van der Waals surface area contributed by atoms with Crippen LogP contribution in [0.1, 0.15) is 33.3 Å². The van der Waals surface area contributed by atoms with Gasteiger partial charge in [0.15, 0.2) is 0 Å². The van der Waals surface area contributed by atoms with Gasteiger partial charge in [-0.15, -0.1) is 0 Å². The summed E-state index contributed by atoms with van der Waals surface area (Å²) in [5.74, 6) is 0.235. The number of rotatable bonds is 5. The summed E-state index contributed by atoms with van der Waals surface area (Å²) in [5.41, 5.74) is 0.949. The van der Waals surface area contributed by atoms with Gasteiger partial charge in [-0.1, -0.05) is 0 Å². The lowest BCUT2D eigenvalue weighted by atomic mass is 10.2. The molecule has 1 aromatic rings. The van der Waals surface area contributed by atoms with Crippen LogP contribution in [0.15, 0.2) is 18.2 Å². The summed E-state index contributed by atoms with van der Waals surface area (Å²) in [6.07, 6.45) is -0.524. The minimum Gasteiger partial charge on any atom is -0.490 e. The molecule has 0 aliphatic heterocycles. The Hall–Kier alpha value is -2.24. The maximum Gasteiger partial charge on any atom is 0.412 e. The average molecular weight is 309 g/mol. The minimum absolute atomic E-state index is 0.179. The van der Waals surface area contributed by atoms with Gasteiger partial charge in [-0.2, -0.15) is 0 Å². The van der Waals surface area contributed by atoms with Crippen molar-refractivity contribution in [3.8, 4) is 5.75 Å². The van der Waals surface area contributed by atoms with E-state index in [9.17, 15) is 9.59 Å². The number of carbonyl (C=O) groups excluding carboxylic acids is 2. The highest BCUT2D eigenvalue weighted by Crippen LogP contribution is 2.21. The average Bonchev–Trinajstić information content (AvgIpc) is 2.31. The van der Waals surface area contributed by atoms with Gasteiger partial charge in [-0.05, 0) is 45.4 Å². The van der Waals surface area contributed by atoms with Gasteiger partial charge in [0.1, 0.15) is 24.6 Å². The second-order valence-corrected chi connectivity index (χ2v) is 5.85. The normalized spacial score (nSPS) is 10.8. The van der Waals surface area contributed by atoms with Gasteiger partial charge < -0.3 is 14.2 Å². The Kier molecular flexibility index (Phi) is 6.22. The highest BCUT2D eigenvalue weighted by molar-refractivity contribution is 5.85. The van der Waals surface area contributed by atoms with E-state index in [-0.39, 0.29) is 19.2 Å². The molecule has 0 aliphatic carbocycles. The summed E-state index contributed by atoms with van der Waals surface area (Å²) >= 11 is 0. The predicted octanol–water partition coefficient (Wildman–Crippen LogP) is 3.28. The Bertz CT molecular complexity index is 534. The Balaban J connectivity index is 2.61. The smallest absolute Gasteiger partial charge is 0.412 e. The minimum atomic E-state index is -0.558. The first-order chi connectivity index (χ1) is 10.2. The third kappa shape index (κ3) is 7.52. The predicted molar refractivity (Wildman–Crippen MR) is 83.2 cm³/mol. The summed E-state index contributed by atoms with van der Waals surface area (Å²) < 4.78 is 15.5. The van der Waals surface area contributed by atoms with Crippen LogP contribution in [0.3, 0.4) is 0 Å². The monoisotopic (exact) mass is 309 g/mol. The third-order valence-electron chi connectivity index (χ3n) is 2.35.